The molecule has 0 aliphatic carbocycles. The lowest BCUT2D eigenvalue weighted by atomic mass is 10.0. The topological polar surface area (TPSA) is 77.9 Å². The van der Waals surface area contributed by atoms with Crippen LogP contribution in [0.15, 0.2) is 0 Å². The van der Waals surface area contributed by atoms with Crippen molar-refractivity contribution in [3.8, 4) is 0 Å². The smallest absolute Gasteiger partial charge is 0.241 e. The quantitative estimate of drug-likeness (QED) is 0.770. The van der Waals surface area contributed by atoms with E-state index >= 15 is 0 Å². The van der Waals surface area contributed by atoms with E-state index in [1.54, 1.807) is 11.8 Å². The fourth-order valence-corrected chi connectivity index (χ4v) is 4.09. The molecule has 0 spiro atoms. The van der Waals surface area contributed by atoms with Crippen LogP contribution in [0.2, 0.25) is 0 Å². The molecule has 2 fully saturated rings. The lowest BCUT2D eigenvalue weighted by Crippen LogP contribution is -2.46. The molecular weight excluding hydrogens is 268 g/mol. The van der Waals surface area contributed by atoms with Crippen molar-refractivity contribution in [3.05, 3.63) is 0 Å². The first kappa shape index (κ1) is 14.7. The largest absolute Gasteiger partial charge is 0.393 e. The molecule has 1 N–H and O–H groups in total. The van der Waals surface area contributed by atoms with Crippen molar-refractivity contribution < 1.29 is 18.3 Å². The number of carbonyl (C=O) groups excluding carboxylic acids is 1. The Bertz CT molecular complexity index is 449. The molecule has 0 radical (unpaired) electrons. The van der Waals surface area contributed by atoms with Crippen molar-refractivity contribution in [1.29, 1.82) is 0 Å². The maximum atomic E-state index is 12.4. The Morgan fingerprint density at radius 2 is 2.00 bits per heavy atom. The number of hydrogen-bond acceptors (Lipinski definition) is 4. The predicted molar refractivity (Wildman–Crippen MR) is 70.9 cm³/mol. The molecule has 3 atom stereocenters. The van der Waals surface area contributed by atoms with E-state index in [2.05, 4.69) is 0 Å². The Kier molecular flexibility index (Phi) is 4.17. The molecule has 0 saturated carbocycles. The minimum Gasteiger partial charge on any atom is -0.393 e. The van der Waals surface area contributed by atoms with Crippen molar-refractivity contribution in [2.75, 3.05) is 25.9 Å². The van der Waals surface area contributed by atoms with E-state index in [4.69, 9.17) is 0 Å². The van der Waals surface area contributed by atoms with Crippen LogP contribution in [-0.2, 0) is 14.8 Å². The standard InChI is InChI=1S/C12H22N2O4S/c1-9(15)10-5-7-13(8-10)12(16)11-4-3-6-14(11)19(2,17)18/h9-11,15H,3-8H2,1-2H3. The zero-order valence-corrected chi connectivity index (χ0v) is 12.3. The number of rotatable bonds is 3. The number of nitrogens with zero attached hydrogens (tertiary/aromatic N) is 2. The van der Waals surface area contributed by atoms with Crippen molar-refractivity contribution in [2.45, 2.75) is 38.3 Å². The zero-order valence-electron chi connectivity index (χ0n) is 11.4. The predicted octanol–water partition coefficient (Wildman–Crippen LogP) is -0.360. The van der Waals surface area contributed by atoms with Crippen LogP contribution in [0.4, 0.5) is 0 Å². The van der Waals surface area contributed by atoms with Crippen LogP contribution in [0.1, 0.15) is 26.2 Å². The highest BCUT2D eigenvalue weighted by molar-refractivity contribution is 7.88. The van der Waals surface area contributed by atoms with Crippen LogP contribution in [-0.4, -0.2) is 66.7 Å². The van der Waals surface area contributed by atoms with E-state index in [1.807, 2.05) is 0 Å². The lowest BCUT2D eigenvalue weighted by molar-refractivity contribution is -0.133. The first-order valence-electron chi connectivity index (χ1n) is 6.74. The van der Waals surface area contributed by atoms with E-state index in [1.165, 1.54) is 4.31 Å². The van der Waals surface area contributed by atoms with Gasteiger partial charge in [-0.3, -0.25) is 4.79 Å². The van der Waals surface area contributed by atoms with Gasteiger partial charge in [-0.15, -0.1) is 0 Å². The third-order valence-corrected chi connectivity index (χ3v) is 5.42. The normalized spacial score (nSPS) is 30.8. The summed E-state index contributed by atoms with van der Waals surface area (Å²) < 4.78 is 24.6. The van der Waals surface area contributed by atoms with Gasteiger partial charge in [-0.2, -0.15) is 4.31 Å². The Morgan fingerprint density at radius 3 is 2.53 bits per heavy atom. The molecular formula is C12H22N2O4S. The summed E-state index contributed by atoms with van der Waals surface area (Å²) >= 11 is 0. The molecule has 7 heteroatoms. The first-order chi connectivity index (χ1) is 8.80. The molecule has 3 unspecified atom stereocenters. The van der Waals surface area contributed by atoms with Crippen LogP contribution in [0, 0.1) is 5.92 Å². The maximum absolute atomic E-state index is 12.4. The first-order valence-corrected chi connectivity index (χ1v) is 8.59. The van der Waals surface area contributed by atoms with Crippen molar-refractivity contribution in [3.63, 3.8) is 0 Å². The van der Waals surface area contributed by atoms with Crippen LogP contribution in [0.25, 0.3) is 0 Å². The minimum absolute atomic E-state index is 0.105. The molecule has 2 aliphatic heterocycles. The van der Waals surface area contributed by atoms with E-state index in [0.717, 1.165) is 19.1 Å². The van der Waals surface area contributed by atoms with Gasteiger partial charge in [0.05, 0.1) is 12.4 Å². The molecule has 19 heavy (non-hydrogen) atoms. The minimum atomic E-state index is -3.32. The summed E-state index contributed by atoms with van der Waals surface area (Å²) in [5.41, 5.74) is 0. The average molecular weight is 290 g/mol. The van der Waals surface area contributed by atoms with Gasteiger partial charge >= 0.3 is 0 Å². The summed E-state index contributed by atoms with van der Waals surface area (Å²) in [6.07, 6.45) is 2.85. The highest BCUT2D eigenvalue weighted by atomic mass is 32.2. The Morgan fingerprint density at radius 1 is 1.32 bits per heavy atom. The monoisotopic (exact) mass is 290 g/mol. The Balaban J connectivity index is 2.04. The summed E-state index contributed by atoms with van der Waals surface area (Å²) in [5.74, 6) is 0.00288. The van der Waals surface area contributed by atoms with Gasteiger partial charge in [-0.1, -0.05) is 0 Å². The molecule has 2 aliphatic rings. The molecule has 0 aromatic heterocycles. The molecule has 0 aromatic carbocycles. The second-order valence-corrected chi connectivity index (χ2v) is 7.54. The van der Waals surface area contributed by atoms with Crippen LogP contribution < -0.4 is 0 Å². The molecule has 2 heterocycles. The highest BCUT2D eigenvalue weighted by Gasteiger charge is 2.40. The number of aliphatic hydroxyl groups excluding tert-OH is 1. The van der Waals surface area contributed by atoms with Gasteiger partial charge in [-0.25, -0.2) is 8.42 Å². The third kappa shape index (κ3) is 3.09. The van der Waals surface area contributed by atoms with Gasteiger partial charge in [0, 0.05) is 25.6 Å². The van der Waals surface area contributed by atoms with E-state index < -0.39 is 22.2 Å². The molecule has 2 rings (SSSR count). The summed E-state index contributed by atoms with van der Waals surface area (Å²) in [6, 6.07) is -0.539. The van der Waals surface area contributed by atoms with Gasteiger partial charge in [0.15, 0.2) is 0 Å². The van der Waals surface area contributed by atoms with Crippen molar-refractivity contribution in [2.24, 2.45) is 5.92 Å². The number of hydrogen-bond donors (Lipinski definition) is 1. The van der Waals surface area contributed by atoms with Crippen molar-refractivity contribution in [1.82, 2.24) is 9.21 Å². The molecule has 6 nitrogen and oxygen atoms in total. The second kappa shape index (κ2) is 5.38. The van der Waals surface area contributed by atoms with E-state index in [9.17, 15) is 18.3 Å². The number of carbonyl (C=O) groups is 1. The number of sulfonamides is 1. The number of amides is 1. The number of likely N-dealkylation sites (tertiary alicyclic amines) is 1. The SMILES string of the molecule is CC(O)C1CCN(C(=O)C2CCCN2S(C)(=O)=O)C1. The molecule has 1 amide bonds. The third-order valence-electron chi connectivity index (χ3n) is 4.13. The maximum Gasteiger partial charge on any atom is 0.241 e. The van der Waals surface area contributed by atoms with Gasteiger partial charge in [0.2, 0.25) is 15.9 Å². The summed E-state index contributed by atoms with van der Waals surface area (Å²) in [4.78, 5) is 14.1. The van der Waals surface area contributed by atoms with Crippen LogP contribution >= 0.6 is 0 Å². The zero-order chi connectivity index (χ0) is 14.2. The number of aliphatic hydroxyl groups is 1. The highest BCUT2D eigenvalue weighted by Crippen LogP contribution is 2.26. The fraction of sp³-hybridized carbons (Fsp3) is 0.917. The van der Waals surface area contributed by atoms with E-state index in [-0.39, 0.29) is 11.8 Å². The molecule has 2 saturated heterocycles. The van der Waals surface area contributed by atoms with Gasteiger partial charge < -0.3 is 10.0 Å². The molecule has 0 bridgehead atoms. The summed E-state index contributed by atoms with van der Waals surface area (Å²) in [6.45, 7) is 3.31. The molecule has 110 valence electrons. The Labute approximate surface area is 114 Å². The summed E-state index contributed by atoms with van der Waals surface area (Å²) in [5, 5.41) is 9.55. The Hall–Kier alpha value is -0.660. The second-order valence-electron chi connectivity index (χ2n) is 5.61. The summed E-state index contributed by atoms with van der Waals surface area (Å²) in [7, 11) is -3.32. The van der Waals surface area contributed by atoms with Crippen LogP contribution in [0.3, 0.4) is 0 Å². The lowest BCUT2D eigenvalue weighted by Gasteiger charge is -2.26. The molecule has 0 aromatic rings. The van der Waals surface area contributed by atoms with E-state index in [0.29, 0.717) is 26.1 Å². The average Bonchev–Trinajstić information content (AvgIpc) is 2.96. The van der Waals surface area contributed by atoms with Crippen LogP contribution in [0.5, 0.6) is 0 Å². The van der Waals surface area contributed by atoms with Crippen molar-refractivity contribution >= 4 is 15.9 Å². The fourth-order valence-electron chi connectivity index (χ4n) is 2.98. The van der Waals surface area contributed by atoms with Gasteiger partial charge in [0.25, 0.3) is 0 Å². The van der Waals surface area contributed by atoms with Gasteiger partial charge in [0.1, 0.15) is 6.04 Å². The van der Waals surface area contributed by atoms with Gasteiger partial charge in [-0.05, 0) is 26.2 Å².